The summed E-state index contributed by atoms with van der Waals surface area (Å²) in [5.74, 6) is 0. The number of hydrogen-bond acceptors (Lipinski definition) is 2. The fourth-order valence-corrected chi connectivity index (χ4v) is 1.33. The van der Waals surface area contributed by atoms with E-state index >= 15 is 0 Å². The molecule has 1 heterocycles. The number of nitrogens with one attached hydrogen (secondary N) is 1. The summed E-state index contributed by atoms with van der Waals surface area (Å²) in [5.41, 5.74) is 0. The summed E-state index contributed by atoms with van der Waals surface area (Å²) in [6, 6.07) is 0.697. The summed E-state index contributed by atoms with van der Waals surface area (Å²) in [4.78, 5) is 0. The first-order valence-electron chi connectivity index (χ1n) is 2.70. The van der Waals surface area contributed by atoms with Gasteiger partial charge in [-0.3, -0.25) is 0 Å². The zero-order chi connectivity index (χ0) is 5.28. The van der Waals surface area contributed by atoms with Crippen LogP contribution in [-0.2, 0) is 0 Å². The maximum atomic E-state index is 4.29. The Balaban J connectivity index is 2.26. The second-order valence-corrected chi connectivity index (χ2v) is 2.93. The van der Waals surface area contributed by atoms with Crippen LogP contribution < -0.4 is 5.32 Å². The number of hydrogen-bond donors (Lipinski definition) is 2. The molecule has 7 heavy (non-hydrogen) atoms. The summed E-state index contributed by atoms with van der Waals surface area (Å²) < 4.78 is 0. The van der Waals surface area contributed by atoms with Gasteiger partial charge in [-0.2, -0.15) is 12.6 Å². The molecule has 42 valence electrons. The van der Waals surface area contributed by atoms with E-state index in [1.807, 2.05) is 0 Å². The second kappa shape index (κ2) is 2.05. The average Bonchev–Trinajstić information content (AvgIpc) is 1.87. The quantitative estimate of drug-likeness (QED) is 0.444. The van der Waals surface area contributed by atoms with Crippen LogP contribution in [0.25, 0.3) is 0 Å². The van der Waals surface area contributed by atoms with Crippen LogP contribution >= 0.6 is 12.6 Å². The summed E-state index contributed by atoms with van der Waals surface area (Å²) >= 11 is 4.29. The summed E-state index contributed by atoms with van der Waals surface area (Å²) in [5, 5.41) is 3.90. The Morgan fingerprint density at radius 2 is 2.43 bits per heavy atom. The van der Waals surface area contributed by atoms with Crippen molar-refractivity contribution < 1.29 is 0 Å². The molecular formula is C5H11NS. The molecule has 1 aliphatic rings. The third kappa shape index (κ3) is 1.35. The van der Waals surface area contributed by atoms with E-state index < -0.39 is 0 Å². The Hall–Kier alpha value is 0.310. The van der Waals surface area contributed by atoms with Gasteiger partial charge in [-0.25, -0.2) is 0 Å². The molecule has 1 fully saturated rings. The van der Waals surface area contributed by atoms with Gasteiger partial charge in [-0.05, 0) is 13.3 Å². The number of rotatable bonds is 0. The molecule has 0 amide bonds. The fraction of sp³-hybridized carbons (Fsp3) is 1.00. The van der Waals surface area contributed by atoms with Crippen molar-refractivity contribution in [2.45, 2.75) is 24.6 Å². The van der Waals surface area contributed by atoms with Crippen LogP contribution in [0.1, 0.15) is 13.3 Å². The van der Waals surface area contributed by atoms with Crippen LogP contribution in [-0.4, -0.2) is 17.8 Å². The van der Waals surface area contributed by atoms with Crippen molar-refractivity contribution in [1.29, 1.82) is 0 Å². The van der Waals surface area contributed by atoms with E-state index in [1.165, 1.54) is 6.42 Å². The lowest BCUT2D eigenvalue weighted by Gasteiger charge is -1.95. The minimum absolute atomic E-state index is 0.606. The van der Waals surface area contributed by atoms with Crippen molar-refractivity contribution >= 4 is 12.6 Å². The first kappa shape index (κ1) is 5.45. The highest BCUT2D eigenvalue weighted by Crippen LogP contribution is 2.10. The SMILES string of the molecule is C[C@@H]1C[C@H](S)CN1. The van der Waals surface area contributed by atoms with Crippen molar-refractivity contribution in [3.05, 3.63) is 0 Å². The Morgan fingerprint density at radius 3 is 2.57 bits per heavy atom. The summed E-state index contributed by atoms with van der Waals surface area (Å²) in [6.45, 7) is 3.28. The molecule has 2 heteroatoms. The smallest absolute Gasteiger partial charge is 0.0157 e. The predicted molar refractivity (Wildman–Crippen MR) is 34.9 cm³/mol. The van der Waals surface area contributed by atoms with Gasteiger partial charge in [-0.15, -0.1) is 0 Å². The van der Waals surface area contributed by atoms with Crippen molar-refractivity contribution in [1.82, 2.24) is 5.32 Å². The molecule has 1 rings (SSSR count). The highest BCUT2D eigenvalue weighted by Gasteiger charge is 2.15. The van der Waals surface area contributed by atoms with E-state index in [1.54, 1.807) is 0 Å². The topological polar surface area (TPSA) is 12.0 Å². The van der Waals surface area contributed by atoms with E-state index in [0.29, 0.717) is 11.3 Å². The van der Waals surface area contributed by atoms with Crippen LogP contribution in [0, 0.1) is 0 Å². The molecule has 0 spiro atoms. The van der Waals surface area contributed by atoms with Crippen LogP contribution in [0.4, 0.5) is 0 Å². The van der Waals surface area contributed by atoms with Crippen molar-refractivity contribution in [3.63, 3.8) is 0 Å². The Bertz CT molecular complexity index is 57.1. The van der Waals surface area contributed by atoms with Gasteiger partial charge >= 0.3 is 0 Å². The molecule has 2 atom stereocenters. The monoisotopic (exact) mass is 117 g/mol. The zero-order valence-corrected chi connectivity index (χ0v) is 5.41. The summed E-state index contributed by atoms with van der Waals surface area (Å²) in [6.07, 6.45) is 1.23. The van der Waals surface area contributed by atoms with Gasteiger partial charge in [0.15, 0.2) is 0 Å². The average molecular weight is 117 g/mol. The molecule has 0 radical (unpaired) electrons. The predicted octanol–water partition coefficient (Wildman–Crippen LogP) is 0.667. The number of thiol groups is 1. The molecule has 0 unspecified atom stereocenters. The maximum absolute atomic E-state index is 4.29. The molecule has 1 aliphatic heterocycles. The van der Waals surface area contributed by atoms with Gasteiger partial charge in [0.1, 0.15) is 0 Å². The van der Waals surface area contributed by atoms with Crippen LogP contribution in [0.5, 0.6) is 0 Å². The molecule has 0 aromatic rings. The lowest BCUT2D eigenvalue weighted by atomic mass is 10.2. The lowest BCUT2D eigenvalue weighted by molar-refractivity contribution is 0.665. The minimum Gasteiger partial charge on any atom is -0.313 e. The zero-order valence-electron chi connectivity index (χ0n) is 4.52. The Morgan fingerprint density at radius 1 is 1.71 bits per heavy atom. The molecule has 0 aromatic carbocycles. The second-order valence-electron chi connectivity index (χ2n) is 2.20. The third-order valence-electron chi connectivity index (χ3n) is 1.33. The lowest BCUT2D eigenvalue weighted by Crippen LogP contribution is -2.16. The minimum atomic E-state index is 0.606. The van der Waals surface area contributed by atoms with Gasteiger partial charge in [0, 0.05) is 17.8 Å². The Labute approximate surface area is 49.9 Å². The highest BCUT2D eigenvalue weighted by molar-refractivity contribution is 7.81. The van der Waals surface area contributed by atoms with E-state index in [4.69, 9.17) is 0 Å². The molecule has 1 saturated heterocycles. The van der Waals surface area contributed by atoms with Crippen LogP contribution in [0.2, 0.25) is 0 Å². The van der Waals surface area contributed by atoms with Crippen molar-refractivity contribution in [2.24, 2.45) is 0 Å². The molecule has 0 aromatic heterocycles. The highest BCUT2D eigenvalue weighted by atomic mass is 32.1. The third-order valence-corrected chi connectivity index (χ3v) is 1.72. The standard InChI is InChI=1S/C5H11NS/c1-4-2-5(7)3-6-4/h4-7H,2-3H2,1H3/t4-,5+/m1/s1. The first-order chi connectivity index (χ1) is 3.29. The molecule has 0 saturated carbocycles. The molecular weight excluding hydrogens is 106 g/mol. The van der Waals surface area contributed by atoms with Crippen molar-refractivity contribution in [2.75, 3.05) is 6.54 Å². The van der Waals surface area contributed by atoms with Gasteiger partial charge < -0.3 is 5.32 Å². The van der Waals surface area contributed by atoms with Gasteiger partial charge in [0.05, 0.1) is 0 Å². The summed E-state index contributed by atoms with van der Waals surface area (Å²) in [7, 11) is 0. The van der Waals surface area contributed by atoms with E-state index in [2.05, 4.69) is 24.9 Å². The molecule has 1 nitrogen and oxygen atoms in total. The Kier molecular flexibility index (Phi) is 1.60. The van der Waals surface area contributed by atoms with Crippen LogP contribution in [0.15, 0.2) is 0 Å². The fourth-order valence-electron chi connectivity index (χ4n) is 0.912. The maximum Gasteiger partial charge on any atom is 0.0157 e. The first-order valence-corrected chi connectivity index (χ1v) is 3.22. The largest absolute Gasteiger partial charge is 0.313 e. The molecule has 0 aliphatic carbocycles. The molecule has 1 N–H and O–H groups in total. The molecule has 0 bridgehead atoms. The van der Waals surface area contributed by atoms with Crippen LogP contribution in [0.3, 0.4) is 0 Å². The van der Waals surface area contributed by atoms with Crippen molar-refractivity contribution in [3.8, 4) is 0 Å². The van der Waals surface area contributed by atoms with Gasteiger partial charge in [0.25, 0.3) is 0 Å². The van der Waals surface area contributed by atoms with Gasteiger partial charge in [0.2, 0.25) is 0 Å². The van der Waals surface area contributed by atoms with E-state index in [-0.39, 0.29) is 0 Å². The van der Waals surface area contributed by atoms with E-state index in [0.717, 1.165) is 6.54 Å². The van der Waals surface area contributed by atoms with E-state index in [9.17, 15) is 0 Å². The normalized spacial score (nSPS) is 42.0. The van der Waals surface area contributed by atoms with Gasteiger partial charge in [-0.1, -0.05) is 0 Å².